The number of aromatic nitrogens is 2. The summed E-state index contributed by atoms with van der Waals surface area (Å²) in [6.07, 6.45) is 1.03. The number of amides is 4. The van der Waals surface area contributed by atoms with Gasteiger partial charge in [-0.1, -0.05) is 26.8 Å². The molecule has 0 radical (unpaired) electrons. The summed E-state index contributed by atoms with van der Waals surface area (Å²) < 4.78 is 12.2. The second-order valence-electron chi connectivity index (χ2n) is 14.2. The lowest BCUT2D eigenvalue weighted by atomic mass is 9.85. The van der Waals surface area contributed by atoms with Crippen LogP contribution in [-0.4, -0.2) is 87.2 Å². The van der Waals surface area contributed by atoms with E-state index >= 15 is 0 Å². The number of urea groups is 1. The van der Waals surface area contributed by atoms with E-state index in [-0.39, 0.29) is 25.4 Å². The fourth-order valence-corrected chi connectivity index (χ4v) is 7.22. The lowest BCUT2D eigenvalue weighted by molar-refractivity contribution is -0.146. The Morgan fingerprint density at radius 3 is 2.48 bits per heavy atom. The van der Waals surface area contributed by atoms with E-state index < -0.39 is 58.9 Å². The normalized spacial score (nSPS) is 22.2. The average Bonchev–Trinajstić information content (AvgIpc) is 3.32. The van der Waals surface area contributed by atoms with Crippen molar-refractivity contribution < 1.29 is 33.8 Å². The summed E-state index contributed by atoms with van der Waals surface area (Å²) in [5, 5.41) is 21.8. The number of primary amides is 1. The minimum absolute atomic E-state index is 0.0255. The van der Waals surface area contributed by atoms with Crippen LogP contribution in [0.4, 0.5) is 9.93 Å². The van der Waals surface area contributed by atoms with E-state index in [0.29, 0.717) is 33.8 Å². The van der Waals surface area contributed by atoms with Gasteiger partial charge in [0, 0.05) is 40.8 Å². The number of carboxylic acid groups (broad SMARTS) is 1. The number of methoxy groups -OCH3 is 1. The van der Waals surface area contributed by atoms with Gasteiger partial charge in [-0.05, 0) is 44.7 Å². The van der Waals surface area contributed by atoms with Crippen molar-refractivity contribution in [1.82, 2.24) is 25.5 Å². The molecule has 5 rings (SSSR count). The zero-order valence-electron chi connectivity index (χ0n) is 29.3. The number of fused-ring (bicyclic) bond motifs is 1. The highest BCUT2D eigenvalue weighted by molar-refractivity contribution is 7.14. The molecule has 4 amide bonds. The Kier molecular flexibility index (Phi) is 10.0. The molecule has 1 aromatic carbocycles. The number of carboxylic acids is 1. The molecule has 1 saturated heterocycles. The fourth-order valence-electron chi connectivity index (χ4n) is 6.36. The van der Waals surface area contributed by atoms with E-state index in [1.54, 1.807) is 33.9 Å². The van der Waals surface area contributed by atoms with Gasteiger partial charge in [0.05, 0.1) is 24.9 Å². The number of nitrogens with one attached hydrogen (secondary N) is 3. The Labute approximate surface area is 294 Å². The lowest BCUT2D eigenvalue weighted by Crippen LogP contribution is -2.59. The van der Waals surface area contributed by atoms with Crippen molar-refractivity contribution in [1.29, 1.82) is 0 Å². The van der Waals surface area contributed by atoms with E-state index in [2.05, 4.69) is 22.5 Å². The maximum absolute atomic E-state index is 14.2. The number of likely N-dealkylation sites (tertiary alicyclic amines) is 1. The zero-order chi connectivity index (χ0) is 36.7. The van der Waals surface area contributed by atoms with Gasteiger partial charge < -0.3 is 41.2 Å². The van der Waals surface area contributed by atoms with Crippen molar-refractivity contribution >= 4 is 51.2 Å². The van der Waals surface area contributed by atoms with Gasteiger partial charge in [-0.2, -0.15) is 0 Å². The molecule has 14 nitrogen and oxygen atoms in total. The quantitative estimate of drug-likeness (QED) is 0.171. The van der Waals surface area contributed by atoms with E-state index in [1.807, 2.05) is 38.3 Å². The standard InChI is InChI=1S/C35H45N7O7S/c1-9-19-14-35(19,31(45)46)41-29(43)24-12-20(15-42(24)30(44)28(34(5,6)7)40-32(36)47)49-26-13-22(23-16-50-33(39-23)37-17(2)3)38-27-18(4)25(48-8)11-10-21(26)27/h9-11,13,16-17,19-20,24,28H,1,12,14-15H2,2-8H3,(H,37,39)(H,41,43)(H,45,46)(H3,36,40,47)/t19?,20-,24+,28?,35-/m1/s1. The van der Waals surface area contributed by atoms with Crippen LogP contribution in [0.5, 0.6) is 11.5 Å². The van der Waals surface area contributed by atoms with Crippen molar-refractivity contribution in [3.05, 3.63) is 41.8 Å². The molecule has 1 aliphatic carbocycles. The molecule has 6 N–H and O–H groups in total. The van der Waals surface area contributed by atoms with Crippen LogP contribution in [0.1, 0.15) is 53.0 Å². The lowest BCUT2D eigenvalue weighted by Gasteiger charge is -2.35. The Hall–Kier alpha value is -4.92. The summed E-state index contributed by atoms with van der Waals surface area (Å²) >= 11 is 1.45. The number of anilines is 1. The molecule has 3 aromatic rings. The number of hydrogen-bond donors (Lipinski definition) is 5. The molecule has 0 spiro atoms. The first-order chi connectivity index (χ1) is 23.5. The van der Waals surface area contributed by atoms with Crippen molar-refractivity contribution in [2.75, 3.05) is 19.0 Å². The topological polar surface area (TPSA) is 198 Å². The molecule has 0 bridgehead atoms. The van der Waals surface area contributed by atoms with Crippen LogP contribution in [0, 0.1) is 18.3 Å². The fraction of sp³-hybridized carbons (Fsp3) is 0.486. The summed E-state index contributed by atoms with van der Waals surface area (Å²) in [4.78, 5) is 63.3. The van der Waals surface area contributed by atoms with E-state index in [0.717, 1.165) is 10.7 Å². The number of benzene rings is 1. The monoisotopic (exact) mass is 707 g/mol. The number of ether oxygens (including phenoxy) is 2. The van der Waals surface area contributed by atoms with Gasteiger partial charge >= 0.3 is 12.0 Å². The smallest absolute Gasteiger partial charge is 0.330 e. The highest BCUT2D eigenvalue weighted by Gasteiger charge is 2.61. The van der Waals surface area contributed by atoms with Crippen LogP contribution in [0.3, 0.4) is 0 Å². The van der Waals surface area contributed by atoms with Gasteiger partial charge in [0.25, 0.3) is 0 Å². The van der Waals surface area contributed by atoms with Crippen LogP contribution in [0.25, 0.3) is 22.3 Å². The summed E-state index contributed by atoms with van der Waals surface area (Å²) in [5.41, 5.74) is 5.79. The van der Waals surface area contributed by atoms with Gasteiger partial charge in [0.2, 0.25) is 11.8 Å². The molecule has 50 heavy (non-hydrogen) atoms. The number of rotatable bonds is 12. The molecule has 2 aliphatic rings. The van der Waals surface area contributed by atoms with Gasteiger partial charge in [-0.15, -0.1) is 17.9 Å². The Bertz CT molecular complexity index is 1840. The molecular weight excluding hydrogens is 662 g/mol. The highest BCUT2D eigenvalue weighted by Crippen LogP contribution is 2.45. The summed E-state index contributed by atoms with van der Waals surface area (Å²) in [7, 11) is 1.58. The number of aliphatic carboxylic acids is 1. The van der Waals surface area contributed by atoms with E-state index in [9.17, 15) is 24.3 Å². The predicted octanol–water partition coefficient (Wildman–Crippen LogP) is 4.07. The Morgan fingerprint density at radius 1 is 1.18 bits per heavy atom. The number of pyridine rings is 1. The van der Waals surface area contributed by atoms with Gasteiger partial charge in [0.15, 0.2) is 5.13 Å². The first-order valence-corrected chi connectivity index (χ1v) is 17.3. The predicted molar refractivity (Wildman–Crippen MR) is 190 cm³/mol. The van der Waals surface area contributed by atoms with E-state index in [4.69, 9.17) is 25.2 Å². The van der Waals surface area contributed by atoms with Gasteiger partial charge in [-0.3, -0.25) is 9.59 Å². The molecule has 1 saturated carbocycles. The second kappa shape index (κ2) is 13.8. The molecule has 2 unspecified atom stereocenters. The Morgan fingerprint density at radius 2 is 1.90 bits per heavy atom. The maximum Gasteiger partial charge on any atom is 0.330 e. The first-order valence-electron chi connectivity index (χ1n) is 16.4. The minimum atomic E-state index is -1.51. The largest absolute Gasteiger partial charge is 0.496 e. The number of nitrogens with two attached hydrogens (primary N) is 1. The number of carbonyl (C=O) groups is 4. The van der Waals surface area contributed by atoms with Crippen molar-refractivity contribution in [2.24, 2.45) is 17.1 Å². The van der Waals surface area contributed by atoms with Gasteiger partial charge in [0.1, 0.15) is 40.9 Å². The van der Waals surface area contributed by atoms with Crippen LogP contribution < -0.4 is 31.2 Å². The van der Waals surface area contributed by atoms with Gasteiger partial charge in [-0.25, -0.2) is 19.6 Å². The summed E-state index contributed by atoms with van der Waals surface area (Å²) in [5.74, 6) is -1.72. The third kappa shape index (κ3) is 7.18. The first kappa shape index (κ1) is 36.4. The molecule has 15 heteroatoms. The maximum atomic E-state index is 14.2. The third-order valence-corrected chi connectivity index (χ3v) is 9.89. The highest BCUT2D eigenvalue weighted by atomic mass is 32.1. The molecule has 3 heterocycles. The summed E-state index contributed by atoms with van der Waals surface area (Å²) in [6.45, 7) is 14.9. The van der Waals surface area contributed by atoms with Crippen molar-refractivity contribution in [2.45, 2.75) is 84.2 Å². The number of thiazole rings is 1. The molecule has 268 valence electrons. The number of carbonyl (C=O) groups excluding carboxylic acids is 3. The molecule has 5 atom stereocenters. The van der Waals surface area contributed by atoms with Crippen molar-refractivity contribution in [3.63, 3.8) is 0 Å². The van der Waals surface area contributed by atoms with Crippen LogP contribution >= 0.6 is 11.3 Å². The molecule has 2 aromatic heterocycles. The minimum Gasteiger partial charge on any atom is -0.496 e. The second-order valence-corrected chi connectivity index (χ2v) is 15.1. The number of nitrogens with zero attached hydrogens (tertiary/aromatic N) is 3. The van der Waals surface area contributed by atoms with Crippen LogP contribution in [0.2, 0.25) is 0 Å². The average molecular weight is 708 g/mol. The van der Waals surface area contributed by atoms with Crippen LogP contribution in [0.15, 0.2) is 36.2 Å². The Balaban J connectivity index is 1.54. The third-order valence-electron chi connectivity index (χ3n) is 9.11. The molecule has 2 fully saturated rings. The van der Waals surface area contributed by atoms with Crippen LogP contribution in [-0.2, 0) is 14.4 Å². The summed E-state index contributed by atoms with van der Waals surface area (Å²) in [6, 6.07) is 2.56. The SMILES string of the molecule is C=CC1C[C@]1(NC(=O)[C@@H]1C[C@@H](Oc2cc(-c3csc(NC(C)C)n3)nc3c(C)c(OC)ccc23)CN1C(=O)C(NC(N)=O)C(C)(C)C)C(=O)O. The number of aryl methyl sites for hydroxylation is 1. The molecule has 1 aliphatic heterocycles. The van der Waals surface area contributed by atoms with Crippen molar-refractivity contribution in [3.8, 4) is 22.9 Å². The number of hydrogen-bond acceptors (Lipinski definition) is 10. The molecular formula is C35H45N7O7S. The van der Waals surface area contributed by atoms with E-state index in [1.165, 1.54) is 22.3 Å². The zero-order valence-corrected chi connectivity index (χ0v) is 30.1.